The van der Waals surface area contributed by atoms with E-state index in [1.807, 2.05) is 0 Å². The third-order valence-corrected chi connectivity index (χ3v) is 4.78. The van der Waals surface area contributed by atoms with E-state index in [1.165, 1.54) is 27.4 Å². The fraction of sp³-hybridized carbons (Fsp3) is 0.286. The molecule has 29 heavy (non-hydrogen) atoms. The molecule has 0 saturated heterocycles. The molecule has 0 amide bonds. The quantitative estimate of drug-likeness (QED) is 0.606. The molecule has 0 unspecified atom stereocenters. The summed E-state index contributed by atoms with van der Waals surface area (Å²) >= 11 is 0. The summed E-state index contributed by atoms with van der Waals surface area (Å²) in [4.78, 5) is 10.8. The lowest BCUT2D eigenvalue weighted by Crippen LogP contribution is -2.13. The van der Waals surface area contributed by atoms with Gasteiger partial charge in [-0.2, -0.15) is 0 Å². The molecule has 8 heteroatoms. The molecular formula is C21H22O8. The normalized spacial score (nSPS) is 17.7. The fourth-order valence-electron chi connectivity index (χ4n) is 3.41. The van der Waals surface area contributed by atoms with Crippen molar-refractivity contribution in [2.24, 2.45) is 0 Å². The second-order valence-electron chi connectivity index (χ2n) is 6.41. The zero-order valence-corrected chi connectivity index (χ0v) is 16.2. The van der Waals surface area contributed by atoms with Gasteiger partial charge in [-0.05, 0) is 35.9 Å². The smallest absolute Gasteiger partial charge is 0.328 e. The lowest BCUT2D eigenvalue weighted by Gasteiger charge is -2.20. The van der Waals surface area contributed by atoms with E-state index in [-0.39, 0.29) is 23.9 Å². The summed E-state index contributed by atoms with van der Waals surface area (Å²) in [6.45, 7) is -0.224. The summed E-state index contributed by atoms with van der Waals surface area (Å²) in [6, 6.07) is 6.66. The van der Waals surface area contributed by atoms with E-state index < -0.39 is 18.0 Å². The van der Waals surface area contributed by atoms with Crippen LogP contribution in [0.2, 0.25) is 0 Å². The molecule has 8 nitrogen and oxygen atoms in total. The van der Waals surface area contributed by atoms with Crippen LogP contribution in [0.25, 0.3) is 6.08 Å². The predicted molar refractivity (Wildman–Crippen MR) is 104 cm³/mol. The zero-order valence-electron chi connectivity index (χ0n) is 16.2. The highest BCUT2D eigenvalue weighted by Crippen LogP contribution is 2.52. The van der Waals surface area contributed by atoms with Crippen LogP contribution in [0.15, 0.2) is 30.3 Å². The maximum Gasteiger partial charge on any atom is 0.328 e. The minimum atomic E-state index is -1.07. The first-order valence-electron chi connectivity index (χ1n) is 8.78. The van der Waals surface area contributed by atoms with Crippen molar-refractivity contribution < 1.29 is 39.1 Å². The molecule has 154 valence electrons. The molecule has 1 aliphatic heterocycles. The molecule has 2 atom stereocenters. The number of aliphatic hydroxyl groups is 1. The first kappa shape index (κ1) is 20.3. The van der Waals surface area contributed by atoms with Crippen LogP contribution < -0.4 is 18.9 Å². The molecule has 3 rings (SSSR count). The standard InChI is InChI=1S/C21H22O8/c1-26-15-8-12(9-16(27-2)19(15)25)20-14(10-22)13-6-11(4-5-18(23)24)7-17(28-3)21(13)29-20/h4-9,14,20,22,25H,10H2,1-3H3,(H,23,24)/t14-,20+/m1/s1. The van der Waals surface area contributed by atoms with Crippen molar-refractivity contribution in [3.63, 3.8) is 0 Å². The number of aliphatic carboxylic acids is 1. The van der Waals surface area contributed by atoms with Gasteiger partial charge in [0.25, 0.3) is 0 Å². The van der Waals surface area contributed by atoms with E-state index >= 15 is 0 Å². The average molecular weight is 402 g/mol. The Labute approximate surface area is 167 Å². The number of hydrogen-bond acceptors (Lipinski definition) is 7. The van der Waals surface area contributed by atoms with Crippen LogP contribution in [0.5, 0.6) is 28.7 Å². The highest BCUT2D eigenvalue weighted by molar-refractivity contribution is 5.85. The number of carbonyl (C=O) groups is 1. The number of carboxylic acids is 1. The minimum absolute atomic E-state index is 0.131. The van der Waals surface area contributed by atoms with Crippen molar-refractivity contribution in [1.29, 1.82) is 0 Å². The summed E-state index contributed by atoms with van der Waals surface area (Å²) in [5, 5.41) is 29.1. The first-order chi connectivity index (χ1) is 13.9. The van der Waals surface area contributed by atoms with Crippen molar-refractivity contribution in [3.05, 3.63) is 47.0 Å². The van der Waals surface area contributed by atoms with Crippen LogP contribution in [-0.2, 0) is 4.79 Å². The second-order valence-corrected chi connectivity index (χ2v) is 6.41. The molecule has 0 radical (unpaired) electrons. The SMILES string of the molecule is COc1cc([C@@H]2Oc3c(OC)cc(C=CC(=O)O)cc3[C@H]2CO)cc(OC)c1O. The molecule has 0 saturated carbocycles. The molecule has 0 spiro atoms. The Morgan fingerprint density at radius 3 is 2.21 bits per heavy atom. The number of hydrogen-bond donors (Lipinski definition) is 3. The van der Waals surface area contributed by atoms with Gasteiger partial charge in [0.2, 0.25) is 5.75 Å². The molecule has 1 heterocycles. The van der Waals surface area contributed by atoms with Crippen molar-refractivity contribution in [1.82, 2.24) is 0 Å². The van der Waals surface area contributed by atoms with E-state index in [9.17, 15) is 15.0 Å². The van der Waals surface area contributed by atoms with Gasteiger partial charge in [-0.3, -0.25) is 0 Å². The molecule has 3 N–H and O–H groups in total. The van der Waals surface area contributed by atoms with Crippen LogP contribution in [0.1, 0.15) is 28.7 Å². The van der Waals surface area contributed by atoms with Gasteiger partial charge < -0.3 is 34.3 Å². The molecule has 0 aliphatic carbocycles. The van der Waals surface area contributed by atoms with Crippen molar-refractivity contribution >= 4 is 12.0 Å². The number of ether oxygens (including phenoxy) is 4. The molecule has 0 aromatic heterocycles. The monoisotopic (exact) mass is 402 g/mol. The van der Waals surface area contributed by atoms with E-state index in [2.05, 4.69) is 0 Å². The molecule has 0 fully saturated rings. The Kier molecular flexibility index (Phi) is 5.84. The highest BCUT2D eigenvalue weighted by atomic mass is 16.5. The van der Waals surface area contributed by atoms with Gasteiger partial charge in [0.1, 0.15) is 6.10 Å². The van der Waals surface area contributed by atoms with Gasteiger partial charge in [0, 0.05) is 17.2 Å². The third kappa shape index (κ3) is 3.79. The lowest BCUT2D eigenvalue weighted by atomic mass is 9.90. The van der Waals surface area contributed by atoms with Crippen molar-refractivity contribution in [3.8, 4) is 28.7 Å². The van der Waals surface area contributed by atoms with Gasteiger partial charge in [-0.25, -0.2) is 4.79 Å². The number of fused-ring (bicyclic) bond motifs is 1. The number of aliphatic hydroxyl groups excluding tert-OH is 1. The van der Waals surface area contributed by atoms with E-state index in [1.54, 1.807) is 24.3 Å². The summed E-state index contributed by atoms with van der Waals surface area (Å²) in [7, 11) is 4.34. The third-order valence-electron chi connectivity index (χ3n) is 4.78. The van der Waals surface area contributed by atoms with Crippen molar-refractivity contribution in [2.75, 3.05) is 27.9 Å². The highest BCUT2D eigenvalue weighted by Gasteiger charge is 2.38. The number of carboxylic acid groups (broad SMARTS) is 1. The molecule has 2 aromatic rings. The van der Waals surface area contributed by atoms with Crippen LogP contribution in [0.3, 0.4) is 0 Å². The first-order valence-corrected chi connectivity index (χ1v) is 8.78. The fourth-order valence-corrected chi connectivity index (χ4v) is 3.41. The molecule has 0 bridgehead atoms. The minimum Gasteiger partial charge on any atom is -0.502 e. The molecule has 1 aliphatic rings. The van der Waals surface area contributed by atoms with Gasteiger partial charge in [0.05, 0.1) is 33.9 Å². The van der Waals surface area contributed by atoms with Crippen LogP contribution in [-0.4, -0.2) is 49.2 Å². The maximum absolute atomic E-state index is 10.8. The number of phenolic OH excluding ortho intramolecular Hbond substituents is 1. The predicted octanol–water partition coefficient (Wildman–Crippen LogP) is 2.73. The van der Waals surface area contributed by atoms with Crippen LogP contribution in [0.4, 0.5) is 0 Å². The van der Waals surface area contributed by atoms with Gasteiger partial charge >= 0.3 is 5.97 Å². The second kappa shape index (κ2) is 8.32. The Hall–Kier alpha value is -3.39. The van der Waals surface area contributed by atoms with Gasteiger partial charge in [-0.15, -0.1) is 0 Å². The van der Waals surface area contributed by atoms with E-state index in [0.717, 1.165) is 6.08 Å². The Morgan fingerprint density at radius 1 is 1.07 bits per heavy atom. The summed E-state index contributed by atoms with van der Waals surface area (Å²) < 4.78 is 22.0. The Morgan fingerprint density at radius 2 is 1.69 bits per heavy atom. The number of aromatic hydroxyl groups is 1. The Balaban J connectivity index is 2.09. The maximum atomic E-state index is 10.8. The zero-order chi connectivity index (χ0) is 21.1. The van der Waals surface area contributed by atoms with Gasteiger partial charge in [0.15, 0.2) is 23.0 Å². The van der Waals surface area contributed by atoms with E-state index in [0.29, 0.717) is 28.2 Å². The summed E-state index contributed by atoms with van der Waals surface area (Å²) in [6.07, 6.45) is 1.88. The Bertz CT molecular complexity index is 925. The van der Waals surface area contributed by atoms with Crippen LogP contribution >= 0.6 is 0 Å². The average Bonchev–Trinajstić information content (AvgIpc) is 3.10. The number of methoxy groups -OCH3 is 3. The largest absolute Gasteiger partial charge is 0.502 e. The molecular weight excluding hydrogens is 380 g/mol. The summed E-state index contributed by atoms with van der Waals surface area (Å²) in [5.74, 6) is -0.327. The molecule has 2 aromatic carbocycles. The number of benzene rings is 2. The number of phenols is 1. The summed E-state index contributed by atoms with van der Waals surface area (Å²) in [5.41, 5.74) is 1.93. The van der Waals surface area contributed by atoms with Crippen molar-refractivity contribution in [2.45, 2.75) is 12.0 Å². The van der Waals surface area contributed by atoms with Crippen LogP contribution in [0, 0.1) is 0 Å². The topological polar surface area (TPSA) is 115 Å². The number of rotatable bonds is 7. The van der Waals surface area contributed by atoms with Gasteiger partial charge in [-0.1, -0.05) is 0 Å². The lowest BCUT2D eigenvalue weighted by molar-refractivity contribution is -0.131. The van der Waals surface area contributed by atoms with E-state index in [4.69, 9.17) is 24.1 Å².